The topological polar surface area (TPSA) is 53.1 Å². The molecule has 1 aliphatic carbocycles. The van der Waals surface area contributed by atoms with Crippen LogP contribution in [0.2, 0.25) is 0 Å². The van der Waals surface area contributed by atoms with E-state index in [1.807, 2.05) is 7.05 Å². The van der Waals surface area contributed by atoms with Crippen molar-refractivity contribution in [2.45, 2.75) is 44.8 Å². The second-order valence-corrected chi connectivity index (χ2v) is 7.52. The van der Waals surface area contributed by atoms with E-state index in [2.05, 4.69) is 20.5 Å². The van der Waals surface area contributed by atoms with Gasteiger partial charge in [0.25, 0.3) is 0 Å². The number of anilines is 3. The van der Waals surface area contributed by atoms with Gasteiger partial charge in [0.05, 0.1) is 11.3 Å². The molecule has 1 saturated heterocycles. The maximum Gasteiger partial charge on any atom is 0.416 e. The summed E-state index contributed by atoms with van der Waals surface area (Å²) < 4.78 is 39.6. The monoisotopic (exact) mass is 391 g/mol. The number of fused-ring (bicyclic) bond motifs is 1. The molecule has 2 aromatic rings. The normalized spacial score (nSPS) is 19.2. The molecule has 8 heteroatoms. The number of likely N-dealkylation sites (N-methyl/N-ethyl adjacent to an activating group) is 1. The van der Waals surface area contributed by atoms with E-state index < -0.39 is 11.7 Å². The number of benzene rings is 1. The van der Waals surface area contributed by atoms with Crippen molar-refractivity contribution < 1.29 is 13.2 Å². The number of nitrogens with zero attached hydrogens (tertiary/aromatic N) is 3. The van der Waals surface area contributed by atoms with Gasteiger partial charge in [-0.15, -0.1) is 0 Å². The third-order valence-electron chi connectivity index (χ3n) is 5.61. The predicted molar refractivity (Wildman–Crippen MR) is 103 cm³/mol. The first-order valence-corrected chi connectivity index (χ1v) is 9.62. The van der Waals surface area contributed by atoms with Crippen LogP contribution in [0, 0.1) is 6.92 Å². The number of aromatic nitrogens is 2. The lowest BCUT2D eigenvalue weighted by atomic mass is 10.1. The van der Waals surface area contributed by atoms with Crippen molar-refractivity contribution in [1.82, 2.24) is 15.3 Å². The summed E-state index contributed by atoms with van der Waals surface area (Å²) in [6.07, 6.45) is -0.472. The van der Waals surface area contributed by atoms with E-state index in [4.69, 9.17) is 4.98 Å². The minimum Gasteiger partial charge on any atom is -0.355 e. The number of hydrogen-bond acceptors (Lipinski definition) is 5. The lowest BCUT2D eigenvalue weighted by Gasteiger charge is -2.21. The van der Waals surface area contributed by atoms with E-state index in [9.17, 15) is 13.2 Å². The van der Waals surface area contributed by atoms with Crippen LogP contribution in [0.15, 0.2) is 18.2 Å². The maximum absolute atomic E-state index is 13.2. The summed E-state index contributed by atoms with van der Waals surface area (Å²) in [5.74, 6) is 1.28. The molecule has 1 aromatic carbocycles. The van der Waals surface area contributed by atoms with Crippen molar-refractivity contribution in [3.8, 4) is 0 Å². The van der Waals surface area contributed by atoms with E-state index in [0.29, 0.717) is 17.7 Å². The summed E-state index contributed by atoms with van der Waals surface area (Å²) in [6, 6.07) is 4.65. The van der Waals surface area contributed by atoms with E-state index in [-0.39, 0.29) is 5.56 Å². The first kappa shape index (κ1) is 19.0. The van der Waals surface area contributed by atoms with E-state index in [1.54, 1.807) is 6.07 Å². The Kier molecular flexibility index (Phi) is 4.91. The maximum atomic E-state index is 13.2. The zero-order valence-electron chi connectivity index (χ0n) is 16.0. The summed E-state index contributed by atoms with van der Waals surface area (Å²) in [6.45, 7) is 3.25. The molecule has 2 heterocycles. The molecule has 0 radical (unpaired) electrons. The van der Waals surface area contributed by atoms with Gasteiger partial charge >= 0.3 is 6.18 Å². The first-order chi connectivity index (χ1) is 13.3. The van der Waals surface area contributed by atoms with Crippen LogP contribution in [0.5, 0.6) is 0 Å². The minimum atomic E-state index is -4.39. The standard InChI is InChI=1S/C20H24F3N5/c1-12-6-7-13(10-16(12)20(21,22)23)25-19-26-17-5-3-4-15(17)18(27-19)28-9-8-14(11-28)24-2/h6-7,10,14,24H,3-5,8-9,11H2,1-2H3,(H,25,26,27). The highest BCUT2D eigenvalue weighted by molar-refractivity contribution is 5.61. The molecule has 0 saturated carbocycles. The van der Waals surface area contributed by atoms with E-state index in [1.165, 1.54) is 18.6 Å². The zero-order valence-corrected chi connectivity index (χ0v) is 16.0. The van der Waals surface area contributed by atoms with Crippen LogP contribution in [-0.4, -0.2) is 36.1 Å². The van der Waals surface area contributed by atoms with Crippen molar-refractivity contribution >= 4 is 17.5 Å². The van der Waals surface area contributed by atoms with Crippen LogP contribution < -0.4 is 15.5 Å². The smallest absolute Gasteiger partial charge is 0.355 e. The fourth-order valence-corrected chi connectivity index (χ4v) is 4.05. The summed E-state index contributed by atoms with van der Waals surface area (Å²) in [4.78, 5) is 11.5. The molecule has 5 nitrogen and oxygen atoms in total. The lowest BCUT2D eigenvalue weighted by molar-refractivity contribution is -0.138. The second-order valence-electron chi connectivity index (χ2n) is 7.52. The second kappa shape index (κ2) is 7.24. The molecule has 4 rings (SSSR count). The predicted octanol–water partition coefficient (Wildman–Crippen LogP) is 3.83. The van der Waals surface area contributed by atoms with Crippen molar-refractivity contribution in [2.24, 2.45) is 0 Å². The number of rotatable bonds is 4. The highest BCUT2D eigenvalue weighted by Crippen LogP contribution is 2.35. The molecule has 1 aliphatic heterocycles. The Hall–Kier alpha value is -2.35. The van der Waals surface area contributed by atoms with Crippen molar-refractivity contribution in [1.29, 1.82) is 0 Å². The summed E-state index contributed by atoms with van der Waals surface area (Å²) in [7, 11) is 1.96. The number of aryl methyl sites for hydroxylation is 2. The van der Waals surface area contributed by atoms with Gasteiger partial charge in [-0.2, -0.15) is 18.2 Å². The van der Waals surface area contributed by atoms with Gasteiger partial charge in [-0.3, -0.25) is 0 Å². The van der Waals surface area contributed by atoms with Crippen molar-refractivity contribution in [2.75, 3.05) is 30.4 Å². The van der Waals surface area contributed by atoms with Crippen LogP contribution in [-0.2, 0) is 19.0 Å². The quantitative estimate of drug-likeness (QED) is 0.830. The van der Waals surface area contributed by atoms with Crippen molar-refractivity contribution in [3.05, 3.63) is 40.6 Å². The summed E-state index contributed by atoms with van der Waals surface area (Å²) in [5.41, 5.74) is 2.08. The molecule has 2 aliphatic rings. The first-order valence-electron chi connectivity index (χ1n) is 9.62. The lowest BCUT2D eigenvalue weighted by Crippen LogP contribution is -2.30. The summed E-state index contributed by atoms with van der Waals surface area (Å²) >= 11 is 0. The van der Waals surface area contributed by atoms with Gasteiger partial charge in [0, 0.05) is 30.4 Å². The molecular weight excluding hydrogens is 367 g/mol. The molecule has 1 unspecified atom stereocenters. The minimum absolute atomic E-state index is 0.198. The molecule has 1 atom stereocenters. The average molecular weight is 391 g/mol. The molecule has 0 spiro atoms. The van der Waals surface area contributed by atoms with Gasteiger partial charge in [-0.05, 0) is 57.4 Å². The van der Waals surface area contributed by atoms with Gasteiger partial charge in [0.15, 0.2) is 0 Å². The Balaban J connectivity index is 1.65. The number of alkyl halides is 3. The third-order valence-corrected chi connectivity index (χ3v) is 5.61. The Morgan fingerprint density at radius 2 is 2.00 bits per heavy atom. The Bertz CT molecular complexity index is 881. The number of nitrogens with one attached hydrogen (secondary N) is 2. The third kappa shape index (κ3) is 3.65. The largest absolute Gasteiger partial charge is 0.416 e. The SMILES string of the molecule is CNC1CCN(c2nc(Nc3ccc(C)c(C(F)(F)F)c3)nc3c2CCC3)C1. The summed E-state index contributed by atoms with van der Waals surface area (Å²) in [5, 5.41) is 6.30. The molecule has 1 fully saturated rings. The van der Waals surface area contributed by atoms with Gasteiger partial charge in [0.2, 0.25) is 5.95 Å². The van der Waals surface area contributed by atoms with Crippen molar-refractivity contribution in [3.63, 3.8) is 0 Å². The highest BCUT2D eigenvalue weighted by Gasteiger charge is 2.33. The van der Waals surface area contributed by atoms with Crippen LogP contribution in [0.3, 0.4) is 0 Å². The average Bonchev–Trinajstić information content (AvgIpc) is 3.30. The molecule has 2 N–H and O–H groups in total. The molecule has 0 bridgehead atoms. The fraction of sp³-hybridized carbons (Fsp3) is 0.500. The molecule has 0 amide bonds. The Morgan fingerprint density at radius 3 is 2.71 bits per heavy atom. The van der Waals surface area contributed by atoms with E-state index in [0.717, 1.165) is 56.4 Å². The molecular formula is C20H24F3N5. The molecule has 150 valence electrons. The van der Waals surface area contributed by atoms with E-state index >= 15 is 0 Å². The van der Waals surface area contributed by atoms with Crippen LogP contribution in [0.1, 0.15) is 35.2 Å². The van der Waals surface area contributed by atoms with Crippen LogP contribution >= 0.6 is 0 Å². The Labute approximate surface area is 162 Å². The van der Waals surface area contributed by atoms with Crippen LogP contribution in [0.25, 0.3) is 0 Å². The molecule has 28 heavy (non-hydrogen) atoms. The highest BCUT2D eigenvalue weighted by atomic mass is 19.4. The molecule has 1 aromatic heterocycles. The van der Waals surface area contributed by atoms with Gasteiger partial charge in [-0.1, -0.05) is 6.07 Å². The van der Waals surface area contributed by atoms with Gasteiger partial charge in [0.1, 0.15) is 5.82 Å². The zero-order chi connectivity index (χ0) is 19.9. The van der Waals surface area contributed by atoms with Gasteiger partial charge < -0.3 is 15.5 Å². The number of halogens is 3. The van der Waals surface area contributed by atoms with Gasteiger partial charge in [-0.25, -0.2) is 4.98 Å². The number of hydrogen-bond donors (Lipinski definition) is 2. The fourth-order valence-electron chi connectivity index (χ4n) is 4.05. The Morgan fingerprint density at radius 1 is 1.18 bits per heavy atom. The van der Waals surface area contributed by atoms with Crippen LogP contribution in [0.4, 0.5) is 30.6 Å².